The monoisotopic (exact) mass is 246 g/mol. The Hall–Kier alpha value is -0.840. The Morgan fingerprint density at radius 2 is 2.23 bits per heavy atom. The molecule has 5 heteroatoms. The molecule has 1 aromatic rings. The molecule has 0 spiro atoms. The first kappa shape index (κ1) is 10.2. The van der Waals surface area contributed by atoms with Crippen molar-refractivity contribution in [2.24, 2.45) is 0 Å². The van der Waals surface area contributed by atoms with Crippen molar-refractivity contribution in [3.8, 4) is 0 Å². The second-order valence-electron chi connectivity index (χ2n) is 3.55. The smallest absolute Gasteiger partial charge is 0.436 e. The van der Waals surface area contributed by atoms with E-state index in [-0.39, 0.29) is 0 Å². The van der Waals surface area contributed by atoms with Gasteiger partial charge in [0.25, 0.3) is 0 Å². The molecule has 0 saturated carbocycles. The number of carbonyl (C=O) groups is 1. The van der Waals surface area contributed by atoms with E-state index in [0.29, 0.717) is 4.60 Å². The third-order valence-electron chi connectivity index (χ3n) is 1.16. The highest BCUT2D eigenvalue weighted by atomic mass is 79.9. The molecular formula is C8H11BrN2O2. The zero-order valence-corrected chi connectivity index (χ0v) is 9.33. The summed E-state index contributed by atoms with van der Waals surface area (Å²) in [7, 11) is 0. The van der Waals surface area contributed by atoms with Crippen LogP contribution in [0.4, 0.5) is 4.79 Å². The highest BCUT2D eigenvalue weighted by molar-refractivity contribution is 9.10. The van der Waals surface area contributed by atoms with E-state index in [4.69, 9.17) is 4.74 Å². The number of hydrogen-bond donors (Lipinski definition) is 0. The number of ether oxygens (including phenoxy) is 1. The summed E-state index contributed by atoms with van der Waals surface area (Å²) in [4.78, 5) is 11.4. The molecule has 0 atom stereocenters. The zero-order valence-electron chi connectivity index (χ0n) is 7.74. The van der Waals surface area contributed by atoms with Gasteiger partial charge >= 0.3 is 6.09 Å². The van der Waals surface area contributed by atoms with E-state index >= 15 is 0 Å². The Bertz CT molecular complexity index is 314. The standard InChI is InChI=1S/C8H11BrN2O2/c1-8(2,3)13-7(12)11-6(9)4-5-10-11/h4-5H,1-3H3. The van der Waals surface area contributed by atoms with Crippen LogP contribution >= 0.6 is 15.9 Å². The molecule has 0 N–H and O–H groups in total. The van der Waals surface area contributed by atoms with Gasteiger partial charge in [-0.3, -0.25) is 0 Å². The molecule has 72 valence electrons. The van der Waals surface area contributed by atoms with Crippen LogP contribution in [0, 0.1) is 0 Å². The predicted molar refractivity (Wildman–Crippen MR) is 51.6 cm³/mol. The zero-order chi connectivity index (χ0) is 10.1. The molecule has 0 bridgehead atoms. The van der Waals surface area contributed by atoms with E-state index in [0.717, 1.165) is 4.68 Å². The summed E-state index contributed by atoms with van der Waals surface area (Å²) in [6.07, 6.45) is 1.04. The quantitative estimate of drug-likeness (QED) is 0.707. The van der Waals surface area contributed by atoms with Gasteiger partial charge in [-0.15, -0.1) is 0 Å². The van der Waals surface area contributed by atoms with Gasteiger partial charge < -0.3 is 4.74 Å². The minimum atomic E-state index is -0.498. The Morgan fingerprint density at radius 1 is 1.62 bits per heavy atom. The van der Waals surface area contributed by atoms with Crippen LogP contribution in [-0.2, 0) is 4.74 Å². The second kappa shape index (κ2) is 3.49. The fourth-order valence-corrected chi connectivity index (χ4v) is 1.08. The van der Waals surface area contributed by atoms with Crippen LogP contribution in [0.1, 0.15) is 20.8 Å². The number of rotatable bonds is 0. The Balaban J connectivity index is 2.76. The van der Waals surface area contributed by atoms with Gasteiger partial charge in [0.05, 0.1) is 6.20 Å². The maximum atomic E-state index is 11.4. The van der Waals surface area contributed by atoms with Crippen molar-refractivity contribution in [1.82, 2.24) is 9.78 Å². The number of carbonyl (C=O) groups excluding carboxylic acids is 1. The van der Waals surface area contributed by atoms with Gasteiger partial charge in [0.2, 0.25) is 0 Å². The van der Waals surface area contributed by atoms with Gasteiger partial charge in [-0.2, -0.15) is 9.78 Å². The highest BCUT2D eigenvalue weighted by Gasteiger charge is 2.19. The summed E-state index contributed by atoms with van der Waals surface area (Å²) in [5.74, 6) is 0. The van der Waals surface area contributed by atoms with Crippen LogP contribution in [-0.4, -0.2) is 21.5 Å². The lowest BCUT2D eigenvalue weighted by Crippen LogP contribution is -2.27. The first-order valence-corrected chi connectivity index (χ1v) is 4.62. The molecule has 0 unspecified atom stereocenters. The molecule has 1 rings (SSSR count). The van der Waals surface area contributed by atoms with E-state index in [2.05, 4.69) is 21.0 Å². The van der Waals surface area contributed by atoms with Gasteiger partial charge in [0.1, 0.15) is 10.2 Å². The summed E-state index contributed by atoms with van der Waals surface area (Å²) in [6, 6.07) is 1.67. The molecule has 0 saturated heterocycles. The van der Waals surface area contributed by atoms with Crippen LogP contribution in [0.2, 0.25) is 0 Å². The molecule has 1 aromatic heterocycles. The van der Waals surface area contributed by atoms with Crippen LogP contribution in [0.3, 0.4) is 0 Å². The van der Waals surface area contributed by atoms with Crippen molar-refractivity contribution in [1.29, 1.82) is 0 Å². The third-order valence-corrected chi connectivity index (χ3v) is 1.76. The minimum absolute atomic E-state index is 0.482. The molecule has 1 heterocycles. The van der Waals surface area contributed by atoms with Gasteiger partial charge in [0, 0.05) is 0 Å². The first-order valence-electron chi connectivity index (χ1n) is 3.83. The highest BCUT2D eigenvalue weighted by Crippen LogP contribution is 2.12. The Kier molecular flexibility index (Phi) is 2.75. The van der Waals surface area contributed by atoms with E-state index < -0.39 is 11.7 Å². The molecule has 0 fully saturated rings. The molecule has 0 aliphatic carbocycles. The van der Waals surface area contributed by atoms with Crippen molar-refractivity contribution in [3.05, 3.63) is 16.9 Å². The maximum absolute atomic E-state index is 11.4. The van der Waals surface area contributed by atoms with Gasteiger partial charge in [-0.25, -0.2) is 4.79 Å². The lowest BCUT2D eigenvalue weighted by molar-refractivity contribution is 0.0510. The van der Waals surface area contributed by atoms with Crippen LogP contribution in [0.15, 0.2) is 16.9 Å². The lowest BCUT2D eigenvalue weighted by Gasteiger charge is -2.19. The normalized spacial score (nSPS) is 11.4. The third kappa shape index (κ3) is 2.84. The Labute approximate surface area is 85.0 Å². The summed E-state index contributed by atoms with van der Waals surface area (Å²) in [5, 5.41) is 3.80. The van der Waals surface area contributed by atoms with Crippen molar-refractivity contribution < 1.29 is 9.53 Å². The van der Waals surface area contributed by atoms with Crippen molar-refractivity contribution in [2.45, 2.75) is 26.4 Å². The topological polar surface area (TPSA) is 44.1 Å². The Morgan fingerprint density at radius 3 is 2.62 bits per heavy atom. The number of nitrogens with zero attached hydrogens (tertiary/aromatic N) is 2. The first-order chi connectivity index (χ1) is 5.90. The average molecular weight is 247 g/mol. The molecule has 0 amide bonds. The molecule has 0 aliphatic heterocycles. The van der Waals surface area contributed by atoms with Crippen molar-refractivity contribution >= 4 is 22.0 Å². The summed E-state index contributed by atoms with van der Waals surface area (Å²) < 4.78 is 6.84. The summed E-state index contributed by atoms with van der Waals surface area (Å²) >= 11 is 3.17. The SMILES string of the molecule is CC(C)(C)OC(=O)n1nccc1Br. The van der Waals surface area contributed by atoms with Gasteiger partial charge in [-0.1, -0.05) is 0 Å². The van der Waals surface area contributed by atoms with E-state index in [1.807, 2.05) is 20.8 Å². The average Bonchev–Trinajstić information content (AvgIpc) is 2.30. The van der Waals surface area contributed by atoms with E-state index in [1.54, 1.807) is 6.07 Å². The largest absolute Gasteiger partial charge is 0.442 e. The van der Waals surface area contributed by atoms with Crippen LogP contribution < -0.4 is 0 Å². The van der Waals surface area contributed by atoms with Crippen molar-refractivity contribution in [2.75, 3.05) is 0 Å². The molecule has 0 aromatic carbocycles. The van der Waals surface area contributed by atoms with Gasteiger partial charge in [0.15, 0.2) is 0 Å². The fourth-order valence-electron chi connectivity index (χ4n) is 0.727. The second-order valence-corrected chi connectivity index (χ2v) is 4.36. The molecule has 0 aliphatic rings. The summed E-state index contributed by atoms with van der Waals surface area (Å²) in [6.45, 7) is 5.42. The van der Waals surface area contributed by atoms with E-state index in [9.17, 15) is 4.79 Å². The lowest BCUT2D eigenvalue weighted by atomic mass is 10.2. The van der Waals surface area contributed by atoms with Crippen LogP contribution in [0.25, 0.3) is 0 Å². The fraction of sp³-hybridized carbons (Fsp3) is 0.500. The molecular weight excluding hydrogens is 236 g/mol. The molecule has 13 heavy (non-hydrogen) atoms. The minimum Gasteiger partial charge on any atom is -0.442 e. The number of aromatic nitrogens is 2. The predicted octanol–water partition coefficient (Wildman–Crippen LogP) is 2.43. The maximum Gasteiger partial charge on any atom is 0.436 e. The molecule has 0 radical (unpaired) electrons. The number of hydrogen-bond acceptors (Lipinski definition) is 3. The van der Waals surface area contributed by atoms with Gasteiger partial charge in [-0.05, 0) is 42.8 Å². The molecule has 4 nitrogen and oxygen atoms in total. The van der Waals surface area contributed by atoms with Crippen molar-refractivity contribution in [3.63, 3.8) is 0 Å². The number of halogens is 1. The van der Waals surface area contributed by atoms with Crippen LogP contribution in [0.5, 0.6) is 0 Å². The van der Waals surface area contributed by atoms with E-state index in [1.165, 1.54) is 6.20 Å². The summed E-state index contributed by atoms with van der Waals surface area (Å²) in [5.41, 5.74) is -0.498.